The number of anilines is 2. The molecule has 2 N–H and O–H groups in total. The Morgan fingerprint density at radius 3 is 2.38 bits per heavy atom. The third-order valence-electron chi connectivity index (χ3n) is 4.69. The van der Waals surface area contributed by atoms with Crippen LogP contribution in [0.1, 0.15) is 31.3 Å². The van der Waals surface area contributed by atoms with Gasteiger partial charge in [-0.2, -0.15) is 0 Å². The molecule has 1 aliphatic heterocycles. The molecule has 1 saturated heterocycles. The van der Waals surface area contributed by atoms with Crippen molar-refractivity contribution in [3.8, 4) is 0 Å². The first-order chi connectivity index (χ1) is 15.1. The van der Waals surface area contributed by atoms with Gasteiger partial charge in [0.05, 0.1) is 24.2 Å². The number of ether oxygens (including phenoxy) is 1. The lowest BCUT2D eigenvalue weighted by atomic mass is 10.2. The van der Waals surface area contributed by atoms with E-state index >= 15 is 0 Å². The largest absolute Gasteiger partial charge is 0.459 e. The minimum absolute atomic E-state index is 0.0255. The number of halogens is 1. The van der Waals surface area contributed by atoms with Gasteiger partial charge in [0.25, 0.3) is 5.91 Å². The number of amides is 3. The summed E-state index contributed by atoms with van der Waals surface area (Å²) < 4.78 is 10.5. The maximum absolute atomic E-state index is 12.7. The van der Waals surface area contributed by atoms with Crippen LogP contribution in [0.2, 0.25) is 5.02 Å². The van der Waals surface area contributed by atoms with Gasteiger partial charge in [-0.15, -0.1) is 0 Å². The van der Waals surface area contributed by atoms with E-state index in [1.54, 1.807) is 40.1 Å². The maximum atomic E-state index is 12.7. The molecule has 0 aliphatic carbocycles. The predicted octanol–water partition coefficient (Wildman–Crippen LogP) is 3.68. The number of hydrogen-bond acceptors (Lipinski definition) is 6. The molecule has 2 heterocycles. The summed E-state index contributed by atoms with van der Waals surface area (Å²) in [7, 11) is 0. The van der Waals surface area contributed by atoms with Crippen LogP contribution in [0.3, 0.4) is 0 Å². The lowest BCUT2D eigenvalue weighted by Gasteiger charge is -2.35. The smallest absolute Gasteiger partial charge is 0.410 e. The molecule has 1 aromatic heterocycles. The molecule has 10 heteroatoms. The van der Waals surface area contributed by atoms with Crippen molar-refractivity contribution in [1.29, 1.82) is 0 Å². The van der Waals surface area contributed by atoms with Gasteiger partial charge in [0.2, 0.25) is 5.91 Å². The fourth-order valence-corrected chi connectivity index (χ4v) is 3.29. The Bertz CT molecular complexity index is 963. The first kappa shape index (κ1) is 23.5. The number of rotatable bonds is 5. The summed E-state index contributed by atoms with van der Waals surface area (Å²) in [5.74, 6) is -0.383. The molecule has 3 rings (SSSR count). The number of carbonyl (C=O) groups is 3. The molecule has 0 radical (unpaired) electrons. The maximum Gasteiger partial charge on any atom is 0.410 e. The van der Waals surface area contributed by atoms with E-state index in [4.69, 9.17) is 20.8 Å². The van der Waals surface area contributed by atoms with Crippen molar-refractivity contribution in [3.63, 3.8) is 0 Å². The summed E-state index contributed by atoms with van der Waals surface area (Å²) >= 11 is 6.07. The van der Waals surface area contributed by atoms with E-state index in [-0.39, 0.29) is 24.3 Å². The quantitative estimate of drug-likeness (QED) is 0.702. The summed E-state index contributed by atoms with van der Waals surface area (Å²) in [6, 6.07) is 8.11. The molecule has 2 aromatic rings. The van der Waals surface area contributed by atoms with E-state index in [1.165, 1.54) is 6.26 Å². The van der Waals surface area contributed by atoms with Crippen molar-refractivity contribution < 1.29 is 23.5 Å². The molecular formula is C22H27ClN4O5. The number of benzene rings is 1. The van der Waals surface area contributed by atoms with Gasteiger partial charge in [-0.05, 0) is 51.1 Å². The van der Waals surface area contributed by atoms with Crippen LogP contribution in [0, 0.1) is 0 Å². The fourth-order valence-electron chi connectivity index (χ4n) is 3.11. The molecule has 1 aromatic carbocycles. The second-order valence-corrected chi connectivity index (χ2v) is 8.76. The van der Waals surface area contributed by atoms with Gasteiger partial charge >= 0.3 is 6.09 Å². The van der Waals surface area contributed by atoms with Crippen molar-refractivity contribution in [1.82, 2.24) is 9.80 Å². The molecule has 0 spiro atoms. The third-order valence-corrected chi connectivity index (χ3v) is 4.92. The minimum atomic E-state index is -0.559. The van der Waals surface area contributed by atoms with Crippen molar-refractivity contribution in [2.45, 2.75) is 26.4 Å². The fraction of sp³-hybridized carbons (Fsp3) is 0.409. The van der Waals surface area contributed by atoms with Crippen LogP contribution in [-0.4, -0.2) is 66.0 Å². The number of nitrogens with zero attached hydrogens (tertiary/aromatic N) is 2. The summed E-state index contributed by atoms with van der Waals surface area (Å²) in [6.07, 6.45) is 1.04. The van der Waals surface area contributed by atoms with Gasteiger partial charge in [0.15, 0.2) is 5.76 Å². The Hall–Kier alpha value is -3.20. The van der Waals surface area contributed by atoms with Crippen molar-refractivity contribution in [3.05, 3.63) is 47.4 Å². The molecule has 0 saturated carbocycles. The zero-order valence-electron chi connectivity index (χ0n) is 18.3. The van der Waals surface area contributed by atoms with Gasteiger partial charge < -0.3 is 29.6 Å². The summed E-state index contributed by atoms with van der Waals surface area (Å²) in [6.45, 7) is 7.13. The SMILES string of the molecule is CC(C)(C)OC(=O)N1CCN(C(=O)CNc2ccc(Cl)cc2NC(=O)c2ccco2)CC1. The minimum Gasteiger partial charge on any atom is -0.459 e. The van der Waals surface area contributed by atoms with Crippen LogP contribution >= 0.6 is 11.6 Å². The Morgan fingerprint density at radius 2 is 1.75 bits per heavy atom. The highest BCUT2D eigenvalue weighted by atomic mass is 35.5. The number of furan rings is 1. The second kappa shape index (κ2) is 9.95. The second-order valence-electron chi connectivity index (χ2n) is 8.32. The van der Waals surface area contributed by atoms with Crippen molar-refractivity contribution in [2.24, 2.45) is 0 Å². The first-order valence-electron chi connectivity index (χ1n) is 10.3. The van der Waals surface area contributed by atoms with Gasteiger partial charge in [-0.1, -0.05) is 11.6 Å². The lowest BCUT2D eigenvalue weighted by molar-refractivity contribution is -0.131. The van der Waals surface area contributed by atoms with E-state index in [2.05, 4.69) is 10.6 Å². The molecule has 9 nitrogen and oxygen atoms in total. The Balaban J connectivity index is 1.54. The number of carbonyl (C=O) groups excluding carboxylic acids is 3. The van der Waals surface area contributed by atoms with E-state index in [1.807, 2.05) is 20.8 Å². The highest BCUT2D eigenvalue weighted by Gasteiger charge is 2.27. The summed E-state index contributed by atoms with van der Waals surface area (Å²) in [5.41, 5.74) is 0.424. The average Bonchev–Trinajstić information content (AvgIpc) is 3.27. The molecular weight excluding hydrogens is 436 g/mol. The topological polar surface area (TPSA) is 104 Å². The molecule has 0 unspecified atom stereocenters. The average molecular weight is 463 g/mol. The molecule has 172 valence electrons. The van der Waals surface area contributed by atoms with E-state index < -0.39 is 11.5 Å². The normalized spacial score (nSPS) is 14.1. The third kappa shape index (κ3) is 6.40. The molecule has 3 amide bonds. The Kier molecular flexibility index (Phi) is 7.29. The van der Waals surface area contributed by atoms with Crippen LogP contribution in [-0.2, 0) is 9.53 Å². The number of hydrogen-bond donors (Lipinski definition) is 2. The lowest BCUT2D eigenvalue weighted by Crippen LogP contribution is -2.52. The van der Waals surface area contributed by atoms with Crippen LogP contribution in [0.15, 0.2) is 41.0 Å². The van der Waals surface area contributed by atoms with E-state index in [0.29, 0.717) is 42.6 Å². The number of piperazine rings is 1. The molecule has 1 aliphatic rings. The standard InChI is InChI=1S/C22H27ClN4O5/c1-22(2,3)32-21(30)27-10-8-26(9-11-27)19(28)14-24-16-7-6-15(23)13-17(16)25-20(29)18-5-4-12-31-18/h4-7,12-13,24H,8-11,14H2,1-3H3,(H,25,29). The Labute approximate surface area is 191 Å². The van der Waals surface area contributed by atoms with Gasteiger partial charge in [-0.3, -0.25) is 9.59 Å². The van der Waals surface area contributed by atoms with Crippen LogP contribution in [0.4, 0.5) is 16.2 Å². The van der Waals surface area contributed by atoms with Crippen LogP contribution < -0.4 is 10.6 Å². The van der Waals surface area contributed by atoms with Crippen molar-refractivity contribution >= 4 is 40.9 Å². The van der Waals surface area contributed by atoms with Crippen LogP contribution in [0.25, 0.3) is 0 Å². The highest BCUT2D eigenvalue weighted by molar-refractivity contribution is 6.31. The molecule has 0 atom stereocenters. The predicted molar refractivity (Wildman–Crippen MR) is 121 cm³/mol. The monoisotopic (exact) mass is 462 g/mol. The Morgan fingerprint density at radius 1 is 1.06 bits per heavy atom. The number of nitrogens with one attached hydrogen (secondary N) is 2. The molecule has 1 fully saturated rings. The van der Waals surface area contributed by atoms with Gasteiger partial charge in [0.1, 0.15) is 5.60 Å². The highest BCUT2D eigenvalue weighted by Crippen LogP contribution is 2.26. The first-order valence-corrected chi connectivity index (χ1v) is 10.6. The summed E-state index contributed by atoms with van der Waals surface area (Å²) in [5, 5.41) is 6.22. The van der Waals surface area contributed by atoms with Crippen LogP contribution in [0.5, 0.6) is 0 Å². The van der Waals surface area contributed by atoms with E-state index in [9.17, 15) is 14.4 Å². The van der Waals surface area contributed by atoms with E-state index in [0.717, 1.165) is 0 Å². The molecule has 32 heavy (non-hydrogen) atoms. The van der Waals surface area contributed by atoms with Crippen molar-refractivity contribution in [2.75, 3.05) is 43.4 Å². The summed E-state index contributed by atoms with van der Waals surface area (Å²) in [4.78, 5) is 40.4. The zero-order valence-corrected chi connectivity index (χ0v) is 19.1. The van der Waals surface area contributed by atoms with Gasteiger partial charge in [0, 0.05) is 31.2 Å². The van der Waals surface area contributed by atoms with Gasteiger partial charge in [-0.25, -0.2) is 4.79 Å². The zero-order chi connectivity index (χ0) is 23.3. The molecule has 0 bridgehead atoms.